The van der Waals surface area contributed by atoms with Crippen molar-refractivity contribution in [3.8, 4) is 22.5 Å². The lowest BCUT2D eigenvalue weighted by molar-refractivity contribution is -0.113. The zero-order valence-corrected chi connectivity index (χ0v) is 17.8. The minimum Gasteiger partial charge on any atom is -0.332 e. The molecule has 1 amide bonds. The first-order chi connectivity index (χ1) is 14.6. The van der Waals surface area contributed by atoms with Crippen molar-refractivity contribution in [2.75, 3.05) is 11.1 Å². The van der Waals surface area contributed by atoms with Crippen molar-refractivity contribution in [1.82, 2.24) is 9.97 Å². The maximum Gasteiger partial charge on any atom is 0.234 e. The Morgan fingerprint density at radius 1 is 0.900 bits per heavy atom. The lowest BCUT2D eigenvalue weighted by Gasteiger charge is -2.07. The summed E-state index contributed by atoms with van der Waals surface area (Å²) in [4.78, 5) is 20.6. The predicted molar refractivity (Wildman–Crippen MR) is 125 cm³/mol. The van der Waals surface area contributed by atoms with Crippen LogP contribution < -0.4 is 5.32 Å². The number of rotatable bonds is 6. The highest BCUT2D eigenvalue weighted by atomic mass is 32.2. The van der Waals surface area contributed by atoms with Crippen molar-refractivity contribution in [1.29, 1.82) is 0 Å². The van der Waals surface area contributed by atoms with Crippen LogP contribution in [0.1, 0.15) is 11.1 Å². The highest BCUT2D eigenvalue weighted by molar-refractivity contribution is 7.99. The first-order valence-electron chi connectivity index (χ1n) is 9.81. The lowest BCUT2D eigenvalue weighted by atomic mass is 10.1. The monoisotopic (exact) mass is 413 g/mol. The van der Waals surface area contributed by atoms with Crippen molar-refractivity contribution >= 4 is 23.4 Å². The van der Waals surface area contributed by atoms with Gasteiger partial charge in [0.25, 0.3) is 0 Å². The molecule has 2 N–H and O–H groups in total. The third-order valence-electron chi connectivity index (χ3n) is 4.92. The van der Waals surface area contributed by atoms with Gasteiger partial charge in [0.2, 0.25) is 5.91 Å². The van der Waals surface area contributed by atoms with Gasteiger partial charge in [0.05, 0.1) is 17.1 Å². The summed E-state index contributed by atoms with van der Waals surface area (Å²) in [6, 6.07) is 26.1. The van der Waals surface area contributed by atoms with E-state index in [1.54, 1.807) is 0 Å². The van der Waals surface area contributed by atoms with Gasteiger partial charge in [0, 0.05) is 16.8 Å². The highest BCUT2D eigenvalue weighted by Crippen LogP contribution is 2.32. The van der Waals surface area contributed by atoms with Crippen molar-refractivity contribution < 1.29 is 4.79 Å². The number of aromatic nitrogens is 2. The Labute approximate surface area is 180 Å². The average molecular weight is 414 g/mol. The van der Waals surface area contributed by atoms with E-state index >= 15 is 0 Å². The Balaban J connectivity index is 1.52. The van der Waals surface area contributed by atoms with Crippen molar-refractivity contribution in [3.63, 3.8) is 0 Å². The molecule has 4 aromatic rings. The fourth-order valence-electron chi connectivity index (χ4n) is 3.19. The molecule has 4 nitrogen and oxygen atoms in total. The minimum absolute atomic E-state index is 0.0535. The summed E-state index contributed by atoms with van der Waals surface area (Å²) in [6.45, 7) is 4.10. The molecule has 0 atom stereocenters. The van der Waals surface area contributed by atoms with E-state index in [2.05, 4.69) is 29.4 Å². The molecule has 0 saturated carbocycles. The standard InChI is InChI=1S/C25H23N3OS/c1-17-13-14-21(15-18(17)2)26-22(29)16-30-25-27-23(19-9-5-3-6-10-19)24(28-25)20-11-7-4-8-12-20/h3-15H,16H2,1-2H3,(H,26,29)(H,27,28). The summed E-state index contributed by atoms with van der Waals surface area (Å²) >= 11 is 1.40. The highest BCUT2D eigenvalue weighted by Gasteiger charge is 2.15. The molecular formula is C25H23N3OS. The maximum absolute atomic E-state index is 12.4. The number of carbonyl (C=O) groups excluding carboxylic acids is 1. The van der Waals surface area contributed by atoms with E-state index in [4.69, 9.17) is 4.98 Å². The van der Waals surface area contributed by atoms with Gasteiger partial charge in [0.1, 0.15) is 0 Å². The van der Waals surface area contributed by atoms with Crippen LogP contribution in [0.15, 0.2) is 84.0 Å². The molecule has 150 valence electrons. The quantitative estimate of drug-likeness (QED) is 0.376. The zero-order valence-electron chi connectivity index (χ0n) is 17.0. The molecule has 3 aromatic carbocycles. The van der Waals surface area contributed by atoms with Crippen LogP contribution in [0.5, 0.6) is 0 Å². The molecule has 0 unspecified atom stereocenters. The van der Waals surface area contributed by atoms with Crippen LogP contribution in [-0.4, -0.2) is 21.6 Å². The number of amides is 1. The summed E-state index contributed by atoms with van der Waals surface area (Å²) < 4.78 is 0. The van der Waals surface area contributed by atoms with Crippen molar-refractivity contribution in [3.05, 3.63) is 90.0 Å². The number of benzene rings is 3. The third-order valence-corrected chi connectivity index (χ3v) is 5.80. The molecule has 5 heteroatoms. The van der Waals surface area contributed by atoms with Crippen molar-refractivity contribution in [2.24, 2.45) is 0 Å². The largest absolute Gasteiger partial charge is 0.332 e. The molecule has 0 fully saturated rings. The van der Waals surface area contributed by atoms with Gasteiger partial charge in [-0.05, 0) is 37.1 Å². The van der Waals surface area contributed by atoms with Crippen molar-refractivity contribution in [2.45, 2.75) is 19.0 Å². The van der Waals surface area contributed by atoms with Gasteiger partial charge in [-0.15, -0.1) is 0 Å². The van der Waals surface area contributed by atoms with Crippen LogP contribution in [0, 0.1) is 13.8 Å². The van der Waals surface area contributed by atoms with E-state index < -0.39 is 0 Å². The van der Waals surface area contributed by atoms with Crippen LogP contribution in [0.2, 0.25) is 0 Å². The van der Waals surface area contributed by atoms with Crippen LogP contribution in [-0.2, 0) is 4.79 Å². The number of hydrogen-bond donors (Lipinski definition) is 2. The number of hydrogen-bond acceptors (Lipinski definition) is 3. The van der Waals surface area contributed by atoms with Crippen LogP contribution in [0.3, 0.4) is 0 Å². The van der Waals surface area contributed by atoms with Crippen LogP contribution in [0.4, 0.5) is 5.69 Å². The lowest BCUT2D eigenvalue weighted by Crippen LogP contribution is -2.14. The number of carbonyl (C=O) groups is 1. The number of anilines is 1. The van der Waals surface area contributed by atoms with Gasteiger partial charge in [-0.25, -0.2) is 4.98 Å². The summed E-state index contributed by atoms with van der Waals surface area (Å²) in [5.74, 6) is 0.227. The summed E-state index contributed by atoms with van der Waals surface area (Å²) in [7, 11) is 0. The van der Waals surface area contributed by atoms with Gasteiger partial charge in [-0.3, -0.25) is 4.79 Å². The number of aromatic amines is 1. The predicted octanol–water partition coefficient (Wildman–Crippen LogP) is 6.09. The maximum atomic E-state index is 12.4. The van der Waals surface area contributed by atoms with E-state index in [0.29, 0.717) is 0 Å². The van der Waals surface area contributed by atoms with Gasteiger partial charge in [0.15, 0.2) is 5.16 Å². The number of H-pyrrole nitrogens is 1. The Bertz CT molecular complexity index is 1100. The summed E-state index contributed by atoms with van der Waals surface area (Å²) in [5, 5.41) is 3.69. The second-order valence-electron chi connectivity index (χ2n) is 7.13. The van der Waals surface area contributed by atoms with E-state index in [-0.39, 0.29) is 11.7 Å². The number of imidazole rings is 1. The molecule has 0 bridgehead atoms. The molecular weight excluding hydrogens is 390 g/mol. The molecule has 0 aliphatic rings. The third kappa shape index (κ3) is 4.63. The van der Waals surface area contributed by atoms with Gasteiger partial charge < -0.3 is 10.3 Å². The molecule has 0 aliphatic heterocycles. The average Bonchev–Trinajstić information content (AvgIpc) is 3.21. The summed E-state index contributed by atoms with van der Waals surface area (Å²) in [5.41, 5.74) is 7.14. The molecule has 0 spiro atoms. The fourth-order valence-corrected chi connectivity index (χ4v) is 3.86. The van der Waals surface area contributed by atoms with Crippen LogP contribution >= 0.6 is 11.8 Å². The molecule has 4 rings (SSSR count). The number of nitrogens with zero attached hydrogens (tertiary/aromatic N) is 1. The van der Waals surface area contributed by atoms with Gasteiger partial charge >= 0.3 is 0 Å². The van der Waals surface area contributed by atoms with E-state index in [1.165, 1.54) is 17.3 Å². The SMILES string of the molecule is Cc1ccc(NC(=O)CSc2nc(-c3ccccc3)c(-c3ccccc3)[nH]2)cc1C. The van der Waals surface area contributed by atoms with Gasteiger partial charge in [-0.1, -0.05) is 78.5 Å². The van der Waals surface area contributed by atoms with E-state index in [9.17, 15) is 4.79 Å². The smallest absolute Gasteiger partial charge is 0.234 e. The fraction of sp³-hybridized carbons (Fsp3) is 0.120. The topological polar surface area (TPSA) is 57.8 Å². The first-order valence-corrected chi connectivity index (χ1v) is 10.8. The Morgan fingerprint density at radius 3 is 2.23 bits per heavy atom. The number of nitrogens with one attached hydrogen (secondary N) is 2. The van der Waals surface area contributed by atoms with Crippen LogP contribution in [0.25, 0.3) is 22.5 Å². The number of thioether (sulfide) groups is 1. The molecule has 1 heterocycles. The van der Waals surface area contributed by atoms with Gasteiger partial charge in [-0.2, -0.15) is 0 Å². The summed E-state index contributed by atoms with van der Waals surface area (Å²) in [6.07, 6.45) is 0. The normalized spacial score (nSPS) is 10.7. The molecule has 1 aromatic heterocycles. The molecule has 0 saturated heterocycles. The Kier molecular flexibility index (Phi) is 6.00. The molecule has 0 radical (unpaired) electrons. The Hall–Kier alpha value is -3.31. The minimum atomic E-state index is -0.0535. The number of aryl methyl sites for hydroxylation is 2. The Morgan fingerprint density at radius 2 is 1.57 bits per heavy atom. The second-order valence-corrected chi connectivity index (χ2v) is 8.10. The molecule has 30 heavy (non-hydrogen) atoms. The van der Waals surface area contributed by atoms with E-state index in [1.807, 2.05) is 73.7 Å². The zero-order chi connectivity index (χ0) is 20.9. The molecule has 0 aliphatic carbocycles. The first kappa shape index (κ1) is 20.0. The second kappa shape index (κ2) is 9.01. The van der Waals surface area contributed by atoms with E-state index in [0.717, 1.165) is 38.9 Å².